The quantitative estimate of drug-likeness (QED) is 0.332. The Labute approximate surface area is 200 Å². The van der Waals surface area contributed by atoms with Crippen molar-refractivity contribution in [2.24, 2.45) is 5.92 Å². The van der Waals surface area contributed by atoms with Gasteiger partial charge in [0.2, 0.25) is 0 Å². The van der Waals surface area contributed by atoms with Crippen LogP contribution in [0.3, 0.4) is 0 Å². The molecule has 0 spiro atoms. The molecule has 0 fully saturated rings. The molecule has 0 saturated heterocycles. The largest absolute Gasteiger partial charge is 0.0654 e. The summed E-state index contributed by atoms with van der Waals surface area (Å²) in [4.78, 5) is 0. The van der Waals surface area contributed by atoms with Crippen LogP contribution in [0.5, 0.6) is 0 Å². The first kappa shape index (κ1) is 22.2. The monoisotopic (exact) mass is 434 g/mol. The van der Waals surface area contributed by atoms with Crippen LogP contribution in [0.2, 0.25) is 0 Å². The molecule has 3 aromatic carbocycles. The number of rotatable bonds is 8. The van der Waals surface area contributed by atoms with Crippen LogP contribution in [0.4, 0.5) is 0 Å². The first-order valence-electron chi connectivity index (χ1n) is 13.2. The molecule has 0 radical (unpaired) electrons. The summed E-state index contributed by atoms with van der Waals surface area (Å²) in [5, 5.41) is 0. The van der Waals surface area contributed by atoms with Gasteiger partial charge in [-0.15, -0.1) is 0 Å². The normalized spacial score (nSPS) is 19.2. The van der Waals surface area contributed by atoms with Crippen LogP contribution in [0, 0.1) is 5.92 Å². The van der Waals surface area contributed by atoms with Gasteiger partial charge in [0.15, 0.2) is 0 Å². The molecule has 0 bridgehead atoms. The molecule has 2 aliphatic carbocycles. The van der Waals surface area contributed by atoms with Crippen molar-refractivity contribution in [3.05, 3.63) is 111 Å². The molecular weight excluding hydrogens is 396 g/mol. The predicted octanol–water partition coefficient (Wildman–Crippen LogP) is 8.71. The lowest BCUT2D eigenvalue weighted by atomic mass is 9.76. The second-order valence-electron chi connectivity index (χ2n) is 10.2. The molecule has 0 saturated carbocycles. The minimum Gasteiger partial charge on any atom is -0.0654 e. The molecule has 2 unspecified atom stereocenters. The fourth-order valence-electron chi connectivity index (χ4n) is 6.23. The number of aryl methyl sites for hydroxylation is 2. The summed E-state index contributed by atoms with van der Waals surface area (Å²) >= 11 is 0. The van der Waals surface area contributed by atoms with E-state index in [1.807, 2.05) is 0 Å². The Kier molecular flexibility index (Phi) is 6.81. The third kappa shape index (κ3) is 4.72. The Hall–Kier alpha value is -2.60. The van der Waals surface area contributed by atoms with Crippen LogP contribution in [-0.2, 0) is 25.7 Å². The Bertz CT molecular complexity index is 1120. The molecule has 2 aliphatic rings. The van der Waals surface area contributed by atoms with Gasteiger partial charge in [-0.1, -0.05) is 111 Å². The summed E-state index contributed by atoms with van der Waals surface area (Å²) in [6, 6.07) is 25.3. The van der Waals surface area contributed by atoms with E-state index in [2.05, 4.69) is 86.7 Å². The van der Waals surface area contributed by atoms with Crippen molar-refractivity contribution in [1.82, 2.24) is 0 Å². The Balaban J connectivity index is 1.52. The van der Waals surface area contributed by atoms with Gasteiger partial charge in [0, 0.05) is 5.92 Å². The molecule has 0 amide bonds. The Morgan fingerprint density at radius 2 is 1.70 bits per heavy atom. The number of allylic oxidation sites excluding steroid dienone is 1. The molecule has 33 heavy (non-hydrogen) atoms. The van der Waals surface area contributed by atoms with E-state index in [0.717, 1.165) is 25.2 Å². The topological polar surface area (TPSA) is 0 Å². The van der Waals surface area contributed by atoms with Gasteiger partial charge in [-0.2, -0.15) is 0 Å². The van der Waals surface area contributed by atoms with E-state index in [9.17, 15) is 0 Å². The van der Waals surface area contributed by atoms with Crippen LogP contribution in [0.1, 0.15) is 90.8 Å². The van der Waals surface area contributed by atoms with E-state index in [-0.39, 0.29) is 0 Å². The van der Waals surface area contributed by atoms with Crippen molar-refractivity contribution in [2.45, 2.75) is 77.6 Å². The lowest BCUT2D eigenvalue weighted by Gasteiger charge is -2.29. The smallest absolute Gasteiger partial charge is 0.0308 e. The van der Waals surface area contributed by atoms with Crippen LogP contribution < -0.4 is 0 Å². The summed E-state index contributed by atoms with van der Waals surface area (Å²) in [6.07, 6.45) is 13.9. The third-order valence-electron chi connectivity index (χ3n) is 8.02. The molecule has 0 nitrogen and oxygen atoms in total. The van der Waals surface area contributed by atoms with E-state index >= 15 is 0 Å². The summed E-state index contributed by atoms with van der Waals surface area (Å²) < 4.78 is 0. The van der Waals surface area contributed by atoms with Crippen molar-refractivity contribution < 1.29 is 0 Å². The number of unbranched alkanes of at least 4 members (excludes halogenated alkanes) is 1. The van der Waals surface area contributed by atoms with Crippen LogP contribution in [0.25, 0.3) is 6.08 Å². The second kappa shape index (κ2) is 10.1. The van der Waals surface area contributed by atoms with Gasteiger partial charge in [-0.3, -0.25) is 0 Å². The van der Waals surface area contributed by atoms with Crippen molar-refractivity contribution in [3.8, 4) is 0 Å². The second-order valence-corrected chi connectivity index (χ2v) is 10.2. The van der Waals surface area contributed by atoms with Gasteiger partial charge < -0.3 is 0 Å². The lowest BCUT2D eigenvalue weighted by molar-refractivity contribution is 0.411. The number of hydrogen-bond acceptors (Lipinski definition) is 0. The van der Waals surface area contributed by atoms with Crippen LogP contribution in [0.15, 0.2) is 72.3 Å². The Morgan fingerprint density at radius 1 is 0.879 bits per heavy atom. The minimum absolute atomic E-state index is 0.433. The molecule has 0 aromatic heterocycles. The van der Waals surface area contributed by atoms with E-state index in [4.69, 9.17) is 0 Å². The molecule has 2 atom stereocenters. The maximum atomic E-state index is 2.61. The highest BCUT2D eigenvalue weighted by molar-refractivity contribution is 5.69. The Morgan fingerprint density at radius 3 is 2.52 bits per heavy atom. The van der Waals surface area contributed by atoms with Gasteiger partial charge in [0.05, 0.1) is 0 Å². The first-order valence-corrected chi connectivity index (χ1v) is 13.2. The molecular formula is C33H38. The molecule has 0 aliphatic heterocycles. The van der Waals surface area contributed by atoms with Crippen molar-refractivity contribution in [3.63, 3.8) is 0 Å². The highest BCUT2D eigenvalue weighted by Gasteiger charge is 2.28. The predicted molar refractivity (Wildman–Crippen MR) is 142 cm³/mol. The molecule has 0 heteroatoms. The molecule has 3 aromatic rings. The summed E-state index contributed by atoms with van der Waals surface area (Å²) in [5.41, 5.74) is 12.4. The van der Waals surface area contributed by atoms with Gasteiger partial charge in [0.25, 0.3) is 0 Å². The summed E-state index contributed by atoms with van der Waals surface area (Å²) in [7, 11) is 0. The third-order valence-corrected chi connectivity index (χ3v) is 8.02. The fourth-order valence-corrected chi connectivity index (χ4v) is 6.23. The minimum atomic E-state index is 0.433. The maximum Gasteiger partial charge on any atom is 0.0308 e. The van der Waals surface area contributed by atoms with Crippen LogP contribution in [-0.4, -0.2) is 0 Å². The van der Waals surface area contributed by atoms with Gasteiger partial charge in [-0.25, -0.2) is 0 Å². The average molecular weight is 435 g/mol. The maximum absolute atomic E-state index is 2.61. The molecule has 0 N–H and O–H groups in total. The zero-order valence-corrected chi connectivity index (χ0v) is 20.4. The summed E-state index contributed by atoms with van der Waals surface area (Å²) in [5.74, 6) is 1.30. The zero-order valence-electron chi connectivity index (χ0n) is 20.4. The fraction of sp³-hybridized carbons (Fsp3) is 0.394. The first-order chi connectivity index (χ1) is 16.3. The zero-order chi connectivity index (χ0) is 22.6. The highest BCUT2D eigenvalue weighted by Crippen LogP contribution is 2.44. The number of benzene rings is 3. The lowest BCUT2D eigenvalue weighted by Crippen LogP contribution is -2.17. The summed E-state index contributed by atoms with van der Waals surface area (Å²) in [6.45, 7) is 4.65. The standard InChI is InChI=1S/C33H38/c1-3-5-11-25-17-19-31-28(18-16-24-12-7-6-8-13-24)22-30(23-29(31)20-25)33-26(4-2)21-27-14-9-10-15-32(27)33/h6-10,12-15,21-23,25,33H,3-5,11,16-20H2,1-2H3. The van der Waals surface area contributed by atoms with Crippen molar-refractivity contribution in [2.75, 3.05) is 0 Å². The SMILES string of the molecule is CCCCC1CCc2c(CCc3ccccc3)cc(C3C(CC)=Cc4ccccc43)cc2C1. The number of hydrogen-bond donors (Lipinski definition) is 0. The highest BCUT2D eigenvalue weighted by atomic mass is 14.3. The van der Waals surface area contributed by atoms with E-state index in [0.29, 0.717) is 5.92 Å². The van der Waals surface area contributed by atoms with E-state index < -0.39 is 0 Å². The number of fused-ring (bicyclic) bond motifs is 2. The molecule has 5 rings (SSSR count). The molecule has 170 valence electrons. The van der Waals surface area contributed by atoms with Crippen molar-refractivity contribution in [1.29, 1.82) is 0 Å². The average Bonchev–Trinajstić information content (AvgIpc) is 3.25. The van der Waals surface area contributed by atoms with Gasteiger partial charge in [-0.05, 0) is 83.4 Å². The van der Waals surface area contributed by atoms with Gasteiger partial charge in [0.1, 0.15) is 0 Å². The van der Waals surface area contributed by atoms with E-state index in [1.165, 1.54) is 60.8 Å². The van der Waals surface area contributed by atoms with Crippen LogP contribution >= 0.6 is 0 Å². The van der Waals surface area contributed by atoms with Crippen molar-refractivity contribution >= 4 is 6.08 Å². The van der Waals surface area contributed by atoms with Gasteiger partial charge >= 0.3 is 0 Å². The van der Waals surface area contributed by atoms with E-state index in [1.54, 1.807) is 22.3 Å². The molecule has 0 heterocycles.